The van der Waals surface area contributed by atoms with Crippen LogP contribution in [0.25, 0.3) is 0 Å². The Bertz CT molecular complexity index is 1400. The first-order valence-electron chi connectivity index (χ1n) is 12.9. The molecule has 15 heteroatoms. The molecule has 3 amide bonds. The van der Waals surface area contributed by atoms with Crippen molar-refractivity contribution in [3.8, 4) is 0 Å². The Hall–Kier alpha value is -3.81. The van der Waals surface area contributed by atoms with Crippen molar-refractivity contribution in [3.63, 3.8) is 0 Å². The molecule has 0 saturated carbocycles. The molecule has 226 valence electrons. The summed E-state index contributed by atoms with van der Waals surface area (Å²) < 4.78 is 78.3. The van der Waals surface area contributed by atoms with Crippen LogP contribution in [0.4, 0.5) is 37.7 Å². The zero-order valence-electron chi connectivity index (χ0n) is 21.9. The highest BCUT2D eigenvalue weighted by Gasteiger charge is 2.42. The molecular weight excluding hydrogens is 592 g/mol. The number of nitrogens with one attached hydrogen (secondary N) is 2. The molecule has 4 rings (SSSR count). The molecule has 4 N–H and O–H groups in total. The maximum Gasteiger partial charge on any atom is 0.389 e. The van der Waals surface area contributed by atoms with E-state index < -0.39 is 73.8 Å². The van der Waals surface area contributed by atoms with E-state index in [2.05, 4.69) is 15.6 Å². The summed E-state index contributed by atoms with van der Waals surface area (Å²) in [4.78, 5) is 45.2. The van der Waals surface area contributed by atoms with E-state index >= 15 is 0 Å². The van der Waals surface area contributed by atoms with Crippen molar-refractivity contribution in [2.75, 3.05) is 23.3 Å². The van der Waals surface area contributed by atoms with Gasteiger partial charge >= 0.3 is 12.4 Å². The lowest BCUT2D eigenvalue weighted by Gasteiger charge is -2.32. The number of carbonyl (C=O) groups excluding carboxylic acids is 3. The third kappa shape index (κ3) is 7.33. The van der Waals surface area contributed by atoms with Gasteiger partial charge in [-0.25, -0.2) is 4.99 Å². The minimum atomic E-state index is -4.78. The number of halogens is 7. The van der Waals surface area contributed by atoms with Gasteiger partial charge in [-0.2, -0.15) is 26.3 Å². The molecule has 0 radical (unpaired) electrons. The van der Waals surface area contributed by atoms with E-state index in [0.29, 0.717) is 34.1 Å². The van der Waals surface area contributed by atoms with Gasteiger partial charge in [0.15, 0.2) is 0 Å². The van der Waals surface area contributed by atoms with Gasteiger partial charge in [0.2, 0.25) is 18.0 Å². The number of primary amides is 1. The monoisotopic (exact) mass is 617 g/mol. The Morgan fingerprint density at radius 3 is 2.31 bits per heavy atom. The zero-order valence-corrected chi connectivity index (χ0v) is 22.6. The minimum absolute atomic E-state index is 0.153. The second-order valence-electron chi connectivity index (χ2n) is 9.94. The Balaban J connectivity index is 1.75. The second-order valence-corrected chi connectivity index (χ2v) is 10.4. The highest BCUT2D eigenvalue weighted by atomic mass is 35.5. The number of aliphatic imine (C=N–C) groups is 1. The summed E-state index contributed by atoms with van der Waals surface area (Å²) in [5.74, 6) is -7.13. The number of benzene rings is 2. The number of carbonyl (C=O) groups is 3. The van der Waals surface area contributed by atoms with Crippen LogP contribution in [0.1, 0.15) is 36.8 Å². The maximum atomic E-state index is 13.7. The number of nitrogens with zero attached hydrogens (tertiary/aromatic N) is 2. The van der Waals surface area contributed by atoms with E-state index in [1.165, 1.54) is 4.90 Å². The molecule has 2 aliphatic rings. The lowest BCUT2D eigenvalue weighted by atomic mass is 9.83. The SMILES string of the molecule is NC(=O)[C@H](CCC(F)(F)F)[C@H](CCC(F)(F)F)C(=O)N[C@H]1N=C(c2cccc(Cl)c2)c2cccc3c2N(CCN3)C1=O. The molecular formula is C27H26ClF6N5O3. The zero-order chi connectivity index (χ0) is 30.8. The predicted octanol–water partition coefficient (Wildman–Crippen LogP) is 4.79. The molecule has 0 aromatic heterocycles. The van der Waals surface area contributed by atoms with Crippen LogP contribution in [0.5, 0.6) is 0 Å². The van der Waals surface area contributed by atoms with Gasteiger partial charge in [-0.3, -0.25) is 14.4 Å². The number of rotatable bonds is 9. The van der Waals surface area contributed by atoms with E-state index in [0.717, 1.165) is 0 Å². The molecule has 2 heterocycles. The maximum absolute atomic E-state index is 13.7. The molecule has 0 bridgehead atoms. The van der Waals surface area contributed by atoms with Crippen LogP contribution >= 0.6 is 11.6 Å². The average molecular weight is 618 g/mol. The first kappa shape index (κ1) is 31.1. The van der Waals surface area contributed by atoms with Gasteiger partial charge in [-0.05, 0) is 31.0 Å². The molecule has 3 atom stereocenters. The summed E-state index contributed by atoms with van der Waals surface area (Å²) in [7, 11) is 0. The van der Waals surface area contributed by atoms with Gasteiger partial charge in [0.25, 0.3) is 5.91 Å². The Morgan fingerprint density at radius 1 is 1.05 bits per heavy atom. The van der Waals surface area contributed by atoms with Gasteiger partial charge < -0.3 is 21.3 Å². The van der Waals surface area contributed by atoms with E-state index in [9.17, 15) is 40.7 Å². The number of nitrogens with two attached hydrogens (primary N) is 1. The molecule has 0 unspecified atom stereocenters. The average Bonchev–Trinajstić information content (AvgIpc) is 3.01. The molecule has 8 nitrogen and oxygen atoms in total. The summed E-state index contributed by atoms with van der Waals surface area (Å²) >= 11 is 6.19. The summed E-state index contributed by atoms with van der Waals surface area (Å²) in [6.07, 6.45) is -16.4. The fourth-order valence-corrected chi connectivity index (χ4v) is 5.29. The normalized spacial score (nSPS) is 18.3. The Morgan fingerprint density at radius 2 is 1.69 bits per heavy atom. The molecule has 2 aliphatic heterocycles. The van der Waals surface area contributed by atoms with Gasteiger partial charge in [-0.15, -0.1) is 0 Å². The number of hydrogen-bond donors (Lipinski definition) is 3. The van der Waals surface area contributed by atoms with Crippen LogP contribution in [0.15, 0.2) is 47.5 Å². The van der Waals surface area contributed by atoms with Crippen LogP contribution in [0, 0.1) is 11.8 Å². The third-order valence-electron chi connectivity index (χ3n) is 7.01. The highest BCUT2D eigenvalue weighted by Crippen LogP contribution is 2.38. The highest BCUT2D eigenvalue weighted by molar-refractivity contribution is 6.31. The summed E-state index contributed by atoms with van der Waals surface area (Å²) in [6.45, 7) is 0.491. The summed E-state index contributed by atoms with van der Waals surface area (Å²) in [5.41, 5.74) is 7.52. The van der Waals surface area contributed by atoms with Crippen LogP contribution in [-0.4, -0.2) is 55.0 Å². The lowest BCUT2D eigenvalue weighted by molar-refractivity contribution is -0.152. The number of alkyl halides is 6. The van der Waals surface area contributed by atoms with E-state index in [-0.39, 0.29) is 12.3 Å². The first-order valence-corrected chi connectivity index (χ1v) is 13.3. The fraction of sp³-hybridized carbons (Fsp3) is 0.407. The molecule has 42 heavy (non-hydrogen) atoms. The van der Waals surface area contributed by atoms with Gasteiger partial charge in [0, 0.05) is 53.9 Å². The molecule has 0 aliphatic carbocycles. The van der Waals surface area contributed by atoms with Crippen LogP contribution in [0.3, 0.4) is 0 Å². The first-order chi connectivity index (χ1) is 19.6. The third-order valence-corrected chi connectivity index (χ3v) is 7.25. The smallest absolute Gasteiger partial charge is 0.382 e. The number of para-hydroxylation sites is 1. The number of amides is 3. The van der Waals surface area contributed by atoms with Gasteiger partial charge in [0.1, 0.15) is 0 Å². The molecule has 0 spiro atoms. The van der Waals surface area contributed by atoms with E-state index in [1.807, 2.05) is 0 Å². The van der Waals surface area contributed by atoms with Crippen molar-refractivity contribution >= 4 is 46.4 Å². The molecule has 2 aromatic rings. The quantitative estimate of drug-likeness (QED) is 0.351. The van der Waals surface area contributed by atoms with Crippen molar-refractivity contribution in [3.05, 3.63) is 58.6 Å². The van der Waals surface area contributed by atoms with Crippen LogP contribution in [0.2, 0.25) is 5.02 Å². The number of anilines is 2. The largest absolute Gasteiger partial charge is 0.389 e. The Kier molecular flexibility index (Phi) is 9.04. The van der Waals surface area contributed by atoms with Crippen molar-refractivity contribution in [2.45, 2.75) is 44.2 Å². The van der Waals surface area contributed by atoms with Gasteiger partial charge in [0.05, 0.1) is 17.1 Å². The predicted molar refractivity (Wildman–Crippen MR) is 143 cm³/mol. The van der Waals surface area contributed by atoms with Crippen LogP contribution in [-0.2, 0) is 14.4 Å². The van der Waals surface area contributed by atoms with Crippen LogP contribution < -0.4 is 21.3 Å². The summed E-state index contributed by atoms with van der Waals surface area (Å²) in [6, 6.07) is 11.6. The van der Waals surface area contributed by atoms with Crippen molar-refractivity contribution < 1.29 is 40.7 Å². The van der Waals surface area contributed by atoms with Crippen molar-refractivity contribution in [2.24, 2.45) is 22.6 Å². The molecule has 0 saturated heterocycles. The standard InChI is InChI=1S/C27H26ClF6N5O3/c28-15-4-1-3-14(13-15)20-18-5-2-6-19-21(18)39(12-11-36-19)25(42)23(37-20)38-24(41)17(8-10-27(32,33)34)16(22(35)40)7-9-26(29,30)31/h1-6,13,16-17,23,36H,7-12H2,(H2,35,40)(H,38,41)/t16-,17+,23-/m1/s1. The van der Waals surface area contributed by atoms with Crippen molar-refractivity contribution in [1.29, 1.82) is 0 Å². The second kappa shape index (κ2) is 12.2. The number of hydrogen-bond acceptors (Lipinski definition) is 5. The van der Waals surface area contributed by atoms with Crippen molar-refractivity contribution in [1.82, 2.24) is 5.32 Å². The minimum Gasteiger partial charge on any atom is -0.382 e. The fourth-order valence-electron chi connectivity index (χ4n) is 5.10. The van der Waals surface area contributed by atoms with E-state index in [1.54, 1.807) is 42.5 Å². The topological polar surface area (TPSA) is 117 Å². The lowest BCUT2D eigenvalue weighted by Crippen LogP contribution is -2.52. The van der Waals surface area contributed by atoms with E-state index in [4.69, 9.17) is 17.3 Å². The summed E-state index contributed by atoms with van der Waals surface area (Å²) in [5, 5.41) is 5.83. The molecule has 2 aromatic carbocycles. The Labute approximate surface area is 241 Å². The molecule has 0 fully saturated rings. The van der Waals surface area contributed by atoms with Gasteiger partial charge in [-0.1, -0.05) is 35.9 Å².